The molecule has 3 amide bonds. The molecule has 2 aromatic rings. The SMILES string of the molecule is CCCNC(=O)NC(=O)COc1ncnc2sc3c(c12)CCC3. The molecular weight excluding hydrogens is 316 g/mol. The van der Waals surface area contributed by atoms with E-state index in [1.165, 1.54) is 16.8 Å². The Kier molecular flexibility index (Phi) is 4.71. The molecule has 0 unspecified atom stereocenters. The maximum atomic E-state index is 11.8. The molecule has 0 spiro atoms. The third-order valence-corrected chi connectivity index (χ3v) is 4.79. The van der Waals surface area contributed by atoms with Crippen molar-refractivity contribution in [3.8, 4) is 5.88 Å². The van der Waals surface area contributed by atoms with E-state index in [0.717, 1.165) is 35.9 Å². The standard InChI is InChI=1S/C15H18N4O3S/c1-2-6-16-15(21)19-11(20)7-22-13-12-9-4-3-5-10(9)23-14(12)18-8-17-13/h8H,2-7H2,1H3,(H2,16,19,20,21). The van der Waals surface area contributed by atoms with Crippen LogP contribution in [-0.2, 0) is 17.6 Å². The zero-order chi connectivity index (χ0) is 16.2. The van der Waals surface area contributed by atoms with E-state index in [4.69, 9.17) is 4.74 Å². The Morgan fingerprint density at radius 1 is 1.35 bits per heavy atom. The minimum Gasteiger partial charge on any atom is -0.467 e. The summed E-state index contributed by atoms with van der Waals surface area (Å²) in [6, 6.07) is -0.510. The first-order valence-corrected chi connectivity index (χ1v) is 8.46. The molecule has 2 aromatic heterocycles. The molecule has 0 saturated heterocycles. The van der Waals surface area contributed by atoms with Crippen LogP contribution in [0.25, 0.3) is 10.2 Å². The van der Waals surface area contributed by atoms with Gasteiger partial charge in [0, 0.05) is 11.4 Å². The van der Waals surface area contributed by atoms with Crippen LogP contribution in [0, 0.1) is 0 Å². The summed E-state index contributed by atoms with van der Waals surface area (Å²) in [4.78, 5) is 33.8. The van der Waals surface area contributed by atoms with Gasteiger partial charge in [-0.2, -0.15) is 0 Å². The lowest BCUT2D eigenvalue weighted by atomic mass is 10.2. The van der Waals surface area contributed by atoms with Gasteiger partial charge in [0.1, 0.15) is 11.2 Å². The first-order chi connectivity index (χ1) is 11.2. The van der Waals surface area contributed by atoms with Crippen molar-refractivity contribution < 1.29 is 14.3 Å². The number of nitrogens with one attached hydrogen (secondary N) is 2. The molecule has 1 aliphatic carbocycles. The van der Waals surface area contributed by atoms with Crippen molar-refractivity contribution in [1.82, 2.24) is 20.6 Å². The second kappa shape index (κ2) is 6.91. The van der Waals surface area contributed by atoms with Crippen LogP contribution in [0.4, 0.5) is 4.79 Å². The Morgan fingerprint density at radius 2 is 2.22 bits per heavy atom. The highest BCUT2D eigenvalue weighted by molar-refractivity contribution is 7.18. The van der Waals surface area contributed by atoms with Crippen molar-refractivity contribution in [3.05, 3.63) is 16.8 Å². The van der Waals surface area contributed by atoms with E-state index in [2.05, 4.69) is 20.6 Å². The van der Waals surface area contributed by atoms with Crippen molar-refractivity contribution in [1.29, 1.82) is 0 Å². The van der Waals surface area contributed by atoms with E-state index in [0.29, 0.717) is 12.4 Å². The predicted octanol–water partition coefficient (Wildman–Crippen LogP) is 1.79. The maximum absolute atomic E-state index is 11.8. The number of hydrogen-bond donors (Lipinski definition) is 2. The molecule has 122 valence electrons. The summed E-state index contributed by atoms with van der Waals surface area (Å²) < 4.78 is 5.53. The fourth-order valence-corrected chi connectivity index (χ4v) is 3.81. The number of aromatic nitrogens is 2. The van der Waals surface area contributed by atoms with Crippen molar-refractivity contribution in [3.63, 3.8) is 0 Å². The molecule has 0 atom stereocenters. The molecule has 0 saturated carbocycles. The van der Waals surface area contributed by atoms with Crippen LogP contribution in [0.15, 0.2) is 6.33 Å². The van der Waals surface area contributed by atoms with Crippen LogP contribution in [0.3, 0.4) is 0 Å². The molecule has 2 heterocycles. The van der Waals surface area contributed by atoms with Crippen LogP contribution in [0.5, 0.6) is 5.88 Å². The van der Waals surface area contributed by atoms with Gasteiger partial charge in [-0.05, 0) is 31.2 Å². The highest BCUT2D eigenvalue weighted by Gasteiger charge is 2.22. The first-order valence-electron chi connectivity index (χ1n) is 7.64. The number of aryl methyl sites for hydroxylation is 2. The van der Waals surface area contributed by atoms with Gasteiger partial charge in [0.15, 0.2) is 6.61 Å². The molecule has 0 fully saturated rings. The molecule has 0 bridgehead atoms. The first kappa shape index (κ1) is 15.7. The van der Waals surface area contributed by atoms with Gasteiger partial charge in [-0.1, -0.05) is 6.92 Å². The van der Waals surface area contributed by atoms with Crippen LogP contribution >= 0.6 is 11.3 Å². The normalized spacial score (nSPS) is 12.9. The number of imide groups is 1. The number of hydrogen-bond acceptors (Lipinski definition) is 6. The maximum Gasteiger partial charge on any atom is 0.321 e. The zero-order valence-electron chi connectivity index (χ0n) is 12.8. The fourth-order valence-electron chi connectivity index (χ4n) is 2.59. The van der Waals surface area contributed by atoms with Gasteiger partial charge in [-0.3, -0.25) is 10.1 Å². The molecule has 7 nitrogen and oxygen atoms in total. The van der Waals surface area contributed by atoms with Gasteiger partial charge in [0.2, 0.25) is 5.88 Å². The quantitative estimate of drug-likeness (QED) is 0.869. The third kappa shape index (κ3) is 3.42. The number of nitrogens with zero attached hydrogens (tertiary/aromatic N) is 2. The van der Waals surface area contributed by atoms with E-state index < -0.39 is 11.9 Å². The molecule has 0 aliphatic heterocycles. The van der Waals surface area contributed by atoms with Gasteiger partial charge < -0.3 is 10.1 Å². The topological polar surface area (TPSA) is 93.2 Å². The summed E-state index contributed by atoms with van der Waals surface area (Å²) in [5.41, 5.74) is 1.24. The number of ether oxygens (including phenoxy) is 1. The van der Waals surface area contributed by atoms with Gasteiger partial charge in [0.05, 0.1) is 5.39 Å². The number of rotatable bonds is 5. The van der Waals surface area contributed by atoms with Crippen LogP contribution in [0.1, 0.15) is 30.2 Å². The van der Waals surface area contributed by atoms with E-state index in [1.807, 2.05) is 6.92 Å². The minimum atomic E-state index is -0.510. The van der Waals surface area contributed by atoms with Gasteiger partial charge in [-0.25, -0.2) is 14.8 Å². The Balaban J connectivity index is 1.66. The predicted molar refractivity (Wildman–Crippen MR) is 86.8 cm³/mol. The van der Waals surface area contributed by atoms with Crippen molar-refractivity contribution in [2.45, 2.75) is 32.6 Å². The van der Waals surface area contributed by atoms with Crippen molar-refractivity contribution in [2.75, 3.05) is 13.2 Å². The lowest BCUT2D eigenvalue weighted by Gasteiger charge is -2.08. The summed E-state index contributed by atoms with van der Waals surface area (Å²) in [5, 5.41) is 5.71. The smallest absolute Gasteiger partial charge is 0.321 e. The second-order valence-corrected chi connectivity index (χ2v) is 6.39. The molecule has 8 heteroatoms. The Bertz CT molecular complexity index is 744. The summed E-state index contributed by atoms with van der Waals surface area (Å²) in [5.74, 6) is -0.0873. The van der Waals surface area contributed by atoms with Gasteiger partial charge in [-0.15, -0.1) is 11.3 Å². The van der Waals surface area contributed by atoms with E-state index in [-0.39, 0.29) is 6.61 Å². The molecule has 23 heavy (non-hydrogen) atoms. The number of thiophene rings is 1. The van der Waals surface area contributed by atoms with E-state index in [9.17, 15) is 9.59 Å². The molecule has 1 aliphatic rings. The largest absolute Gasteiger partial charge is 0.467 e. The highest BCUT2D eigenvalue weighted by atomic mass is 32.1. The summed E-state index contributed by atoms with van der Waals surface area (Å²) in [7, 11) is 0. The zero-order valence-corrected chi connectivity index (χ0v) is 13.7. The molecule has 2 N–H and O–H groups in total. The average Bonchev–Trinajstić information content (AvgIpc) is 3.11. The van der Waals surface area contributed by atoms with Gasteiger partial charge >= 0.3 is 6.03 Å². The van der Waals surface area contributed by atoms with Crippen molar-refractivity contribution >= 4 is 33.5 Å². The number of fused-ring (bicyclic) bond motifs is 3. The lowest BCUT2D eigenvalue weighted by molar-refractivity contribution is -0.122. The minimum absolute atomic E-state index is 0.254. The monoisotopic (exact) mass is 334 g/mol. The van der Waals surface area contributed by atoms with Crippen molar-refractivity contribution in [2.24, 2.45) is 0 Å². The fraction of sp³-hybridized carbons (Fsp3) is 0.467. The average molecular weight is 334 g/mol. The van der Waals surface area contributed by atoms with Crippen LogP contribution < -0.4 is 15.4 Å². The molecule has 3 rings (SSSR count). The third-order valence-electron chi connectivity index (χ3n) is 3.60. The molecular formula is C15H18N4O3S. The Morgan fingerprint density at radius 3 is 3.04 bits per heavy atom. The summed E-state index contributed by atoms with van der Waals surface area (Å²) >= 11 is 1.66. The molecule has 0 radical (unpaired) electrons. The number of carbonyl (C=O) groups excluding carboxylic acids is 2. The summed E-state index contributed by atoms with van der Waals surface area (Å²) in [6.45, 7) is 2.20. The number of urea groups is 1. The highest BCUT2D eigenvalue weighted by Crippen LogP contribution is 2.39. The Hall–Kier alpha value is -2.22. The van der Waals surface area contributed by atoms with E-state index in [1.54, 1.807) is 11.3 Å². The van der Waals surface area contributed by atoms with Gasteiger partial charge in [0.25, 0.3) is 5.91 Å². The van der Waals surface area contributed by atoms with E-state index >= 15 is 0 Å². The second-order valence-electron chi connectivity index (χ2n) is 5.31. The lowest BCUT2D eigenvalue weighted by Crippen LogP contribution is -2.41. The van der Waals surface area contributed by atoms with Crippen LogP contribution in [-0.4, -0.2) is 35.1 Å². The number of amides is 3. The Labute approximate surface area is 137 Å². The van der Waals surface area contributed by atoms with Crippen LogP contribution in [0.2, 0.25) is 0 Å². The summed E-state index contributed by atoms with van der Waals surface area (Å²) in [6.07, 6.45) is 5.43. The molecule has 0 aromatic carbocycles. The number of carbonyl (C=O) groups is 2.